The molecule has 0 heterocycles. The molecule has 0 aromatic heterocycles. The van der Waals surface area contributed by atoms with Crippen LogP contribution in [0, 0.1) is 5.82 Å². The molecule has 0 radical (unpaired) electrons. The zero-order chi connectivity index (χ0) is 9.14. The molecule has 0 aliphatic heterocycles. The van der Waals surface area contributed by atoms with Crippen molar-refractivity contribution in [2.24, 2.45) is 0 Å². The van der Waals surface area contributed by atoms with Gasteiger partial charge in [0.1, 0.15) is 5.82 Å². The van der Waals surface area contributed by atoms with Crippen LogP contribution in [0.15, 0.2) is 18.2 Å². The molecule has 0 saturated carbocycles. The minimum atomic E-state index is -2.88. The molecule has 0 fully saturated rings. The lowest BCUT2D eigenvalue weighted by Gasteiger charge is -2.01. The van der Waals surface area contributed by atoms with Gasteiger partial charge >= 0.3 is 0 Å². The molecule has 0 bridgehead atoms. The van der Waals surface area contributed by atoms with E-state index >= 15 is 0 Å². The van der Waals surface area contributed by atoms with Crippen molar-refractivity contribution in [3.05, 3.63) is 35.1 Å². The maximum absolute atomic E-state index is 12.8. The Labute approximate surface area is 66.8 Å². The van der Waals surface area contributed by atoms with E-state index in [1.165, 1.54) is 6.07 Å². The normalized spacial score (nSPS) is 10.3. The SMILES string of the molecule is O=Cc1cccc(C(F)F)c1F. The minimum Gasteiger partial charge on any atom is -0.298 e. The van der Waals surface area contributed by atoms with E-state index in [0.717, 1.165) is 12.1 Å². The highest BCUT2D eigenvalue weighted by molar-refractivity contribution is 5.75. The zero-order valence-electron chi connectivity index (χ0n) is 5.93. The third-order valence-electron chi connectivity index (χ3n) is 1.42. The molecular weight excluding hydrogens is 169 g/mol. The Morgan fingerprint density at radius 2 is 2.00 bits per heavy atom. The number of hydrogen-bond acceptors (Lipinski definition) is 1. The summed E-state index contributed by atoms with van der Waals surface area (Å²) in [4.78, 5) is 10.1. The summed E-state index contributed by atoms with van der Waals surface area (Å²) in [5.74, 6) is -1.14. The summed E-state index contributed by atoms with van der Waals surface area (Å²) in [7, 11) is 0. The Bertz CT molecular complexity index is 296. The number of halogens is 3. The molecule has 0 saturated heterocycles. The van der Waals surface area contributed by atoms with Crippen LogP contribution in [0.1, 0.15) is 22.3 Å². The Kier molecular flexibility index (Phi) is 2.47. The van der Waals surface area contributed by atoms with Gasteiger partial charge in [0, 0.05) is 0 Å². The first kappa shape index (κ1) is 8.77. The standard InChI is InChI=1S/C8H5F3O/c9-7-5(4-12)2-1-3-6(7)8(10)11/h1-4,8H. The summed E-state index contributed by atoms with van der Waals surface area (Å²) in [5.41, 5.74) is -1.08. The fraction of sp³-hybridized carbons (Fsp3) is 0.125. The van der Waals surface area contributed by atoms with Gasteiger partial charge in [0.15, 0.2) is 6.29 Å². The molecule has 1 aromatic carbocycles. The lowest BCUT2D eigenvalue weighted by atomic mass is 10.1. The largest absolute Gasteiger partial charge is 0.298 e. The zero-order valence-corrected chi connectivity index (χ0v) is 5.93. The third-order valence-corrected chi connectivity index (χ3v) is 1.42. The Morgan fingerprint density at radius 3 is 2.50 bits per heavy atom. The van der Waals surface area contributed by atoms with E-state index in [1.54, 1.807) is 0 Å². The maximum Gasteiger partial charge on any atom is 0.266 e. The van der Waals surface area contributed by atoms with E-state index < -0.39 is 17.8 Å². The Hall–Kier alpha value is -1.32. The third kappa shape index (κ3) is 1.47. The van der Waals surface area contributed by atoms with Gasteiger partial charge in [-0.1, -0.05) is 12.1 Å². The lowest BCUT2D eigenvalue weighted by molar-refractivity contribution is 0.111. The number of carbonyl (C=O) groups is 1. The molecule has 64 valence electrons. The van der Waals surface area contributed by atoms with E-state index in [9.17, 15) is 18.0 Å². The van der Waals surface area contributed by atoms with Crippen molar-refractivity contribution in [2.45, 2.75) is 6.43 Å². The van der Waals surface area contributed by atoms with Crippen molar-refractivity contribution in [3.63, 3.8) is 0 Å². The van der Waals surface area contributed by atoms with E-state index in [4.69, 9.17) is 0 Å². The fourth-order valence-corrected chi connectivity index (χ4v) is 0.828. The summed E-state index contributed by atoms with van der Waals surface area (Å²) >= 11 is 0. The topological polar surface area (TPSA) is 17.1 Å². The van der Waals surface area contributed by atoms with Crippen LogP contribution < -0.4 is 0 Å². The van der Waals surface area contributed by atoms with Crippen LogP contribution in [-0.4, -0.2) is 6.29 Å². The van der Waals surface area contributed by atoms with Gasteiger partial charge in [0.05, 0.1) is 11.1 Å². The van der Waals surface area contributed by atoms with Crippen molar-refractivity contribution in [1.29, 1.82) is 0 Å². The van der Waals surface area contributed by atoms with Crippen LogP contribution in [-0.2, 0) is 0 Å². The molecule has 0 atom stereocenters. The van der Waals surface area contributed by atoms with Crippen molar-refractivity contribution in [1.82, 2.24) is 0 Å². The molecule has 0 aliphatic carbocycles. The van der Waals surface area contributed by atoms with Crippen molar-refractivity contribution in [2.75, 3.05) is 0 Å². The smallest absolute Gasteiger partial charge is 0.266 e. The molecule has 0 unspecified atom stereocenters. The van der Waals surface area contributed by atoms with E-state index in [2.05, 4.69) is 0 Å². The van der Waals surface area contributed by atoms with Gasteiger partial charge in [-0.05, 0) is 6.07 Å². The second-order valence-electron chi connectivity index (χ2n) is 2.17. The van der Waals surface area contributed by atoms with Gasteiger partial charge in [0.2, 0.25) is 0 Å². The second kappa shape index (κ2) is 3.38. The monoisotopic (exact) mass is 174 g/mol. The summed E-state index contributed by atoms with van der Waals surface area (Å²) < 4.78 is 36.8. The van der Waals surface area contributed by atoms with Gasteiger partial charge in [-0.3, -0.25) is 4.79 Å². The predicted octanol–water partition coefficient (Wildman–Crippen LogP) is 2.58. The van der Waals surface area contributed by atoms with E-state index in [0.29, 0.717) is 0 Å². The number of carbonyl (C=O) groups excluding carboxylic acids is 1. The number of rotatable bonds is 2. The maximum atomic E-state index is 12.8. The van der Waals surface area contributed by atoms with Crippen molar-refractivity contribution >= 4 is 6.29 Å². The average molecular weight is 174 g/mol. The van der Waals surface area contributed by atoms with Gasteiger partial charge in [0.25, 0.3) is 6.43 Å². The number of aldehydes is 1. The van der Waals surface area contributed by atoms with Gasteiger partial charge in [-0.25, -0.2) is 13.2 Å². The minimum absolute atomic E-state index is 0.210. The molecule has 0 aliphatic rings. The molecule has 12 heavy (non-hydrogen) atoms. The molecule has 4 heteroatoms. The Morgan fingerprint density at radius 1 is 1.33 bits per heavy atom. The highest BCUT2D eigenvalue weighted by Crippen LogP contribution is 2.22. The van der Waals surface area contributed by atoms with Crippen LogP contribution in [0.25, 0.3) is 0 Å². The molecule has 0 N–H and O–H groups in total. The predicted molar refractivity (Wildman–Crippen MR) is 36.7 cm³/mol. The molecule has 0 amide bonds. The van der Waals surface area contributed by atoms with Gasteiger partial charge in [-0.2, -0.15) is 0 Å². The van der Waals surface area contributed by atoms with Crippen LogP contribution in [0.3, 0.4) is 0 Å². The molecular formula is C8H5F3O. The molecule has 0 spiro atoms. The first-order valence-electron chi connectivity index (χ1n) is 3.18. The first-order chi connectivity index (χ1) is 5.66. The van der Waals surface area contributed by atoms with E-state index in [-0.39, 0.29) is 11.8 Å². The molecule has 1 aromatic rings. The number of alkyl halides is 2. The summed E-state index contributed by atoms with van der Waals surface area (Å²) in [5, 5.41) is 0. The van der Waals surface area contributed by atoms with Crippen molar-refractivity contribution < 1.29 is 18.0 Å². The van der Waals surface area contributed by atoms with Crippen LogP contribution in [0.2, 0.25) is 0 Å². The number of hydrogen-bond donors (Lipinski definition) is 0. The first-order valence-corrected chi connectivity index (χ1v) is 3.18. The highest BCUT2D eigenvalue weighted by atomic mass is 19.3. The Balaban J connectivity index is 3.22. The molecule has 1 rings (SSSR count). The van der Waals surface area contributed by atoms with Crippen LogP contribution >= 0.6 is 0 Å². The van der Waals surface area contributed by atoms with E-state index in [1.807, 2.05) is 0 Å². The summed E-state index contributed by atoms with van der Waals surface area (Å²) in [6.45, 7) is 0. The molecule has 1 nitrogen and oxygen atoms in total. The van der Waals surface area contributed by atoms with Crippen LogP contribution in [0.5, 0.6) is 0 Å². The number of benzene rings is 1. The summed E-state index contributed by atoms with van der Waals surface area (Å²) in [6.07, 6.45) is -2.67. The van der Waals surface area contributed by atoms with Crippen LogP contribution in [0.4, 0.5) is 13.2 Å². The van der Waals surface area contributed by atoms with Gasteiger partial charge in [-0.15, -0.1) is 0 Å². The quantitative estimate of drug-likeness (QED) is 0.629. The fourth-order valence-electron chi connectivity index (χ4n) is 0.828. The van der Waals surface area contributed by atoms with Gasteiger partial charge < -0.3 is 0 Å². The summed E-state index contributed by atoms with van der Waals surface area (Å²) in [6, 6.07) is 3.32. The highest BCUT2D eigenvalue weighted by Gasteiger charge is 2.14. The average Bonchev–Trinajstić information content (AvgIpc) is 2.04. The lowest BCUT2D eigenvalue weighted by Crippen LogP contribution is -1.95. The van der Waals surface area contributed by atoms with Crippen molar-refractivity contribution in [3.8, 4) is 0 Å². The second-order valence-corrected chi connectivity index (χ2v) is 2.17.